The minimum atomic E-state index is -0.282. The number of nitrogens with two attached hydrogens (primary N) is 1. The van der Waals surface area contributed by atoms with Gasteiger partial charge in [-0.05, 0) is 18.2 Å². The average Bonchev–Trinajstić information content (AvgIpc) is 2.83. The number of aromatic nitrogens is 1. The summed E-state index contributed by atoms with van der Waals surface area (Å²) in [5, 5.41) is 2.82. The lowest BCUT2D eigenvalue weighted by molar-refractivity contribution is 0.160. The number of thiazole rings is 1. The zero-order chi connectivity index (χ0) is 11.8. The predicted molar refractivity (Wildman–Crippen MR) is 63.4 cm³/mol. The third-order valence-electron chi connectivity index (χ3n) is 2.84. The van der Waals surface area contributed by atoms with Gasteiger partial charge in [0.05, 0.1) is 0 Å². The average molecular weight is 250 g/mol. The molecule has 1 unspecified atom stereocenters. The quantitative estimate of drug-likeness (QED) is 0.846. The second kappa shape index (κ2) is 4.09. The zero-order valence-corrected chi connectivity index (χ0v) is 9.78. The molecule has 2 heterocycles. The van der Waals surface area contributed by atoms with Gasteiger partial charge in [-0.25, -0.2) is 9.37 Å². The van der Waals surface area contributed by atoms with E-state index in [1.165, 1.54) is 12.1 Å². The molecule has 1 aromatic carbocycles. The minimum Gasteiger partial charge on any atom is -0.483 e. The Hall–Kier alpha value is -1.46. The van der Waals surface area contributed by atoms with Crippen LogP contribution < -0.4 is 10.5 Å². The van der Waals surface area contributed by atoms with Crippen LogP contribution in [-0.4, -0.2) is 4.98 Å². The second-order valence-electron chi connectivity index (χ2n) is 4.00. The first-order chi connectivity index (χ1) is 8.24. The highest BCUT2D eigenvalue weighted by molar-refractivity contribution is 7.09. The van der Waals surface area contributed by atoms with Gasteiger partial charge in [0.2, 0.25) is 0 Å². The summed E-state index contributed by atoms with van der Waals surface area (Å²) in [5.74, 6) is 0.376. The first-order valence-electron chi connectivity index (χ1n) is 5.35. The number of rotatable bonds is 1. The van der Waals surface area contributed by atoms with Crippen LogP contribution >= 0.6 is 11.3 Å². The van der Waals surface area contributed by atoms with Crippen molar-refractivity contribution in [2.75, 3.05) is 0 Å². The van der Waals surface area contributed by atoms with E-state index >= 15 is 0 Å². The zero-order valence-electron chi connectivity index (χ0n) is 8.97. The van der Waals surface area contributed by atoms with Crippen molar-refractivity contribution in [3.8, 4) is 5.75 Å². The van der Waals surface area contributed by atoms with Gasteiger partial charge in [-0.1, -0.05) is 0 Å². The van der Waals surface area contributed by atoms with E-state index in [-0.39, 0.29) is 18.0 Å². The van der Waals surface area contributed by atoms with Gasteiger partial charge in [-0.2, -0.15) is 0 Å². The predicted octanol–water partition coefficient (Wildman–Crippen LogP) is 2.81. The Morgan fingerprint density at radius 2 is 2.35 bits per heavy atom. The Labute approximate surface area is 102 Å². The molecule has 0 fully saturated rings. The number of halogens is 1. The van der Waals surface area contributed by atoms with Gasteiger partial charge in [0.15, 0.2) is 6.10 Å². The van der Waals surface area contributed by atoms with Crippen molar-refractivity contribution in [2.45, 2.75) is 18.6 Å². The van der Waals surface area contributed by atoms with Gasteiger partial charge in [0, 0.05) is 29.6 Å². The molecule has 0 spiro atoms. The number of benzene rings is 1. The van der Waals surface area contributed by atoms with Gasteiger partial charge in [0.25, 0.3) is 0 Å². The Bertz CT molecular complexity index is 529. The fraction of sp³-hybridized carbons (Fsp3) is 0.250. The molecule has 3 rings (SSSR count). The van der Waals surface area contributed by atoms with Crippen LogP contribution in [0.15, 0.2) is 29.8 Å². The summed E-state index contributed by atoms with van der Waals surface area (Å²) >= 11 is 1.54. The van der Waals surface area contributed by atoms with E-state index in [2.05, 4.69) is 4.98 Å². The minimum absolute atomic E-state index is 0.122. The molecular weight excluding hydrogens is 239 g/mol. The molecule has 1 aromatic heterocycles. The Balaban J connectivity index is 1.96. The number of hydrogen-bond acceptors (Lipinski definition) is 4. The highest BCUT2D eigenvalue weighted by Gasteiger charge is 2.28. The fourth-order valence-corrected chi connectivity index (χ4v) is 2.70. The Morgan fingerprint density at radius 1 is 1.47 bits per heavy atom. The maximum absolute atomic E-state index is 13.1. The largest absolute Gasteiger partial charge is 0.483 e. The summed E-state index contributed by atoms with van der Waals surface area (Å²) in [6.45, 7) is 0. The maximum atomic E-state index is 13.1. The molecule has 5 heteroatoms. The highest BCUT2D eigenvalue weighted by Crippen LogP contribution is 2.40. The molecule has 0 bridgehead atoms. The van der Waals surface area contributed by atoms with Crippen LogP contribution in [0.5, 0.6) is 5.75 Å². The van der Waals surface area contributed by atoms with Crippen molar-refractivity contribution in [2.24, 2.45) is 5.73 Å². The molecule has 0 saturated heterocycles. The molecule has 1 aliphatic rings. The number of ether oxygens (including phenoxy) is 1. The lowest BCUT2D eigenvalue weighted by atomic mass is 9.97. The van der Waals surface area contributed by atoms with Crippen molar-refractivity contribution in [1.29, 1.82) is 0 Å². The van der Waals surface area contributed by atoms with E-state index in [1.807, 2.05) is 5.38 Å². The molecule has 2 atom stereocenters. The van der Waals surface area contributed by atoms with E-state index in [1.54, 1.807) is 23.6 Å². The molecule has 0 radical (unpaired) electrons. The summed E-state index contributed by atoms with van der Waals surface area (Å²) in [5.41, 5.74) is 6.78. The van der Waals surface area contributed by atoms with E-state index in [0.717, 1.165) is 10.6 Å². The van der Waals surface area contributed by atoms with Crippen LogP contribution in [0, 0.1) is 5.82 Å². The van der Waals surface area contributed by atoms with Gasteiger partial charge in [-0.15, -0.1) is 11.3 Å². The third-order valence-corrected chi connectivity index (χ3v) is 3.70. The van der Waals surface area contributed by atoms with Crippen LogP contribution in [0.25, 0.3) is 0 Å². The second-order valence-corrected chi connectivity index (χ2v) is 4.93. The summed E-state index contributed by atoms with van der Waals surface area (Å²) in [6.07, 6.45) is 2.25. The lowest BCUT2D eigenvalue weighted by Gasteiger charge is -2.29. The molecule has 3 nitrogen and oxygen atoms in total. The number of hydrogen-bond donors (Lipinski definition) is 1. The van der Waals surface area contributed by atoms with Gasteiger partial charge in [0.1, 0.15) is 16.6 Å². The molecule has 2 N–H and O–H groups in total. The van der Waals surface area contributed by atoms with E-state index in [9.17, 15) is 4.39 Å². The SMILES string of the molecule is N[C@H]1CC(c2nccs2)Oc2ccc(F)cc21. The molecule has 0 amide bonds. The van der Waals surface area contributed by atoms with Crippen molar-refractivity contribution >= 4 is 11.3 Å². The summed E-state index contributed by atoms with van der Waals surface area (Å²) in [6, 6.07) is 4.25. The summed E-state index contributed by atoms with van der Waals surface area (Å²) in [4.78, 5) is 4.23. The normalized spacial score (nSPS) is 22.9. The number of fused-ring (bicyclic) bond motifs is 1. The van der Waals surface area contributed by atoms with E-state index in [0.29, 0.717) is 12.2 Å². The monoisotopic (exact) mass is 250 g/mol. The molecule has 2 aromatic rings. The van der Waals surface area contributed by atoms with E-state index in [4.69, 9.17) is 10.5 Å². The van der Waals surface area contributed by atoms with Crippen molar-refractivity contribution < 1.29 is 9.13 Å². The molecule has 0 saturated carbocycles. The molecule has 88 valence electrons. The van der Waals surface area contributed by atoms with Crippen LogP contribution in [-0.2, 0) is 0 Å². The van der Waals surface area contributed by atoms with Crippen LogP contribution in [0.1, 0.15) is 29.1 Å². The Morgan fingerprint density at radius 3 is 3.12 bits per heavy atom. The number of nitrogens with zero attached hydrogens (tertiary/aromatic N) is 1. The van der Waals surface area contributed by atoms with Crippen molar-refractivity contribution in [1.82, 2.24) is 4.98 Å². The van der Waals surface area contributed by atoms with Gasteiger partial charge >= 0.3 is 0 Å². The smallest absolute Gasteiger partial charge is 0.152 e. The van der Waals surface area contributed by atoms with Gasteiger partial charge < -0.3 is 10.5 Å². The fourth-order valence-electron chi connectivity index (χ4n) is 2.02. The van der Waals surface area contributed by atoms with Gasteiger partial charge in [-0.3, -0.25) is 0 Å². The summed E-state index contributed by atoms with van der Waals surface area (Å²) in [7, 11) is 0. The maximum Gasteiger partial charge on any atom is 0.152 e. The van der Waals surface area contributed by atoms with Crippen LogP contribution in [0.2, 0.25) is 0 Å². The standard InChI is InChI=1S/C12H11FN2OS/c13-7-1-2-10-8(5-7)9(14)6-11(16-10)12-15-3-4-17-12/h1-5,9,11H,6,14H2/t9-,11?/m0/s1. The van der Waals surface area contributed by atoms with E-state index < -0.39 is 0 Å². The Kier molecular flexibility index (Phi) is 2.57. The van der Waals surface area contributed by atoms with Crippen molar-refractivity contribution in [3.05, 3.63) is 46.2 Å². The topological polar surface area (TPSA) is 48.1 Å². The van der Waals surface area contributed by atoms with Crippen molar-refractivity contribution in [3.63, 3.8) is 0 Å². The lowest BCUT2D eigenvalue weighted by Crippen LogP contribution is -2.24. The first kappa shape index (κ1) is 10.7. The molecular formula is C12H11FN2OS. The van der Waals surface area contributed by atoms with Crippen LogP contribution in [0.3, 0.4) is 0 Å². The van der Waals surface area contributed by atoms with Crippen LogP contribution in [0.4, 0.5) is 4.39 Å². The molecule has 0 aliphatic carbocycles. The third kappa shape index (κ3) is 1.92. The highest BCUT2D eigenvalue weighted by atomic mass is 32.1. The first-order valence-corrected chi connectivity index (χ1v) is 6.23. The molecule has 17 heavy (non-hydrogen) atoms. The summed E-state index contributed by atoms with van der Waals surface area (Å²) < 4.78 is 18.9. The molecule has 1 aliphatic heterocycles.